The van der Waals surface area contributed by atoms with Crippen molar-refractivity contribution in [2.45, 2.75) is 31.9 Å². The predicted octanol–water partition coefficient (Wildman–Crippen LogP) is 0.862. The van der Waals surface area contributed by atoms with Crippen LogP contribution in [0.3, 0.4) is 0 Å². The van der Waals surface area contributed by atoms with Gasteiger partial charge in [-0.15, -0.1) is 4.91 Å². The highest BCUT2D eigenvalue weighted by atomic mass is 16.3. The van der Waals surface area contributed by atoms with Gasteiger partial charge < -0.3 is 5.11 Å². The molecule has 0 aromatic heterocycles. The van der Waals surface area contributed by atoms with E-state index in [4.69, 9.17) is 0 Å². The Labute approximate surface area is 59.8 Å². The van der Waals surface area contributed by atoms with Crippen molar-refractivity contribution in [2.75, 3.05) is 6.54 Å². The van der Waals surface area contributed by atoms with Gasteiger partial charge in [0.2, 0.25) is 0 Å². The maximum Gasteiger partial charge on any atom is 0.145 e. The summed E-state index contributed by atoms with van der Waals surface area (Å²) in [5.74, 6) is 0. The summed E-state index contributed by atoms with van der Waals surface area (Å²) in [7, 11) is 0. The highest BCUT2D eigenvalue weighted by Gasteiger charge is 2.16. The second-order valence-corrected chi connectivity index (χ2v) is 2.57. The zero-order valence-corrected chi connectivity index (χ0v) is 5.86. The average molecular weight is 144 g/mol. The molecule has 1 heterocycles. The van der Waals surface area contributed by atoms with Gasteiger partial charge in [-0.1, -0.05) is 6.42 Å². The minimum atomic E-state index is -0.639. The molecule has 0 aromatic rings. The summed E-state index contributed by atoms with van der Waals surface area (Å²) in [4.78, 5) is 10.0. The number of nitroso groups, excluding NO2 is 1. The van der Waals surface area contributed by atoms with Crippen LogP contribution in [0.2, 0.25) is 0 Å². The molecule has 1 N–H and O–H groups in total. The molecule has 0 bridgehead atoms. The van der Waals surface area contributed by atoms with Gasteiger partial charge in [-0.05, 0) is 19.3 Å². The Morgan fingerprint density at radius 3 is 2.90 bits per heavy atom. The fraction of sp³-hybridized carbons (Fsp3) is 1.00. The number of aliphatic hydroxyl groups is 1. The summed E-state index contributed by atoms with van der Waals surface area (Å²) in [6, 6.07) is 0. The predicted molar refractivity (Wildman–Crippen MR) is 37.0 cm³/mol. The zero-order valence-electron chi connectivity index (χ0n) is 5.86. The van der Waals surface area contributed by atoms with E-state index >= 15 is 0 Å². The summed E-state index contributed by atoms with van der Waals surface area (Å²) in [6.45, 7) is 0.602. The first kappa shape index (κ1) is 7.47. The number of rotatable bonds is 1. The fourth-order valence-electron chi connectivity index (χ4n) is 1.17. The Hall–Kier alpha value is -0.640. The summed E-state index contributed by atoms with van der Waals surface area (Å²) in [5, 5.41) is 13.1. The molecular weight excluding hydrogens is 132 g/mol. The molecule has 0 aromatic carbocycles. The molecule has 1 fully saturated rings. The van der Waals surface area contributed by atoms with Crippen LogP contribution in [0.5, 0.6) is 0 Å². The maximum absolute atomic E-state index is 10.0. The van der Waals surface area contributed by atoms with Crippen molar-refractivity contribution in [1.29, 1.82) is 0 Å². The van der Waals surface area contributed by atoms with Gasteiger partial charge in [-0.3, -0.25) is 0 Å². The number of nitrogens with zero attached hydrogens (tertiary/aromatic N) is 2. The monoisotopic (exact) mass is 144 g/mol. The van der Waals surface area contributed by atoms with Crippen molar-refractivity contribution >= 4 is 0 Å². The number of hydrogen-bond acceptors (Lipinski definition) is 3. The van der Waals surface area contributed by atoms with Crippen LogP contribution in [-0.2, 0) is 0 Å². The SMILES string of the molecule is O=NN1CCCCCC1O. The molecule has 0 amide bonds. The molecule has 4 nitrogen and oxygen atoms in total. The van der Waals surface area contributed by atoms with E-state index in [9.17, 15) is 10.0 Å². The molecule has 1 aliphatic rings. The van der Waals surface area contributed by atoms with Gasteiger partial charge in [0.1, 0.15) is 6.23 Å². The second-order valence-electron chi connectivity index (χ2n) is 2.57. The van der Waals surface area contributed by atoms with Crippen LogP contribution in [-0.4, -0.2) is 22.9 Å². The summed E-state index contributed by atoms with van der Waals surface area (Å²) in [5.41, 5.74) is 0. The quantitative estimate of drug-likeness (QED) is 0.555. The van der Waals surface area contributed by atoms with E-state index in [1.54, 1.807) is 0 Å². The average Bonchev–Trinajstić information content (AvgIpc) is 2.13. The molecule has 0 aliphatic carbocycles. The van der Waals surface area contributed by atoms with Crippen LogP contribution in [0, 0.1) is 4.91 Å². The molecule has 1 unspecified atom stereocenters. The van der Waals surface area contributed by atoms with E-state index in [1.807, 2.05) is 0 Å². The van der Waals surface area contributed by atoms with Crippen molar-refractivity contribution in [1.82, 2.24) is 5.01 Å². The van der Waals surface area contributed by atoms with Crippen LogP contribution in [0.1, 0.15) is 25.7 Å². The van der Waals surface area contributed by atoms with Crippen LogP contribution in [0.25, 0.3) is 0 Å². The largest absolute Gasteiger partial charge is 0.372 e. The normalized spacial score (nSPS) is 27.7. The molecule has 1 aliphatic heterocycles. The van der Waals surface area contributed by atoms with E-state index < -0.39 is 6.23 Å². The Morgan fingerprint density at radius 1 is 1.40 bits per heavy atom. The topological polar surface area (TPSA) is 52.9 Å². The first-order valence-corrected chi connectivity index (χ1v) is 3.62. The Kier molecular flexibility index (Phi) is 2.62. The lowest BCUT2D eigenvalue weighted by molar-refractivity contribution is 0.00487. The highest BCUT2D eigenvalue weighted by molar-refractivity contribution is 4.62. The third kappa shape index (κ3) is 1.67. The Morgan fingerprint density at radius 2 is 2.20 bits per heavy atom. The zero-order chi connectivity index (χ0) is 7.40. The van der Waals surface area contributed by atoms with Crippen LogP contribution < -0.4 is 0 Å². The lowest BCUT2D eigenvalue weighted by Crippen LogP contribution is -2.28. The summed E-state index contributed by atoms with van der Waals surface area (Å²) >= 11 is 0. The first-order chi connectivity index (χ1) is 4.84. The van der Waals surface area contributed by atoms with Crippen LogP contribution >= 0.6 is 0 Å². The molecule has 58 valence electrons. The van der Waals surface area contributed by atoms with Crippen molar-refractivity contribution < 1.29 is 5.11 Å². The van der Waals surface area contributed by atoms with E-state index in [0.717, 1.165) is 19.3 Å². The second kappa shape index (κ2) is 3.51. The molecule has 1 saturated heterocycles. The molecule has 1 atom stereocenters. The van der Waals surface area contributed by atoms with Gasteiger partial charge in [-0.2, -0.15) is 0 Å². The van der Waals surface area contributed by atoms with Gasteiger partial charge in [0.05, 0.1) is 5.29 Å². The van der Waals surface area contributed by atoms with E-state index in [-0.39, 0.29) is 0 Å². The lowest BCUT2D eigenvalue weighted by atomic mass is 10.2. The molecule has 0 radical (unpaired) electrons. The van der Waals surface area contributed by atoms with E-state index in [2.05, 4.69) is 5.29 Å². The Bertz CT molecular complexity index is 118. The molecule has 4 heteroatoms. The fourth-order valence-corrected chi connectivity index (χ4v) is 1.17. The van der Waals surface area contributed by atoms with Crippen molar-refractivity contribution in [3.8, 4) is 0 Å². The third-order valence-electron chi connectivity index (χ3n) is 1.80. The number of aliphatic hydroxyl groups excluding tert-OH is 1. The van der Waals surface area contributed by atoms with Gasteiger partial charge in [-0.25, -0.2) is 5.01 Å². The summed E-state index contributed by atoms with van der Waals surface area (Å²) < 4.78 is 0. The molecule has 1 rings (SSSR count). The number of hydrogen-bond donors (Lipinski definition) is 1. The van der Waals surface area contributed by atoms with Gasteiger partial charge >= 0.3 is 0 Å². The molecule has 10 heavy (non-hydrogen) atoms. The third-order valence-corrected chi connectivity index (χ3v) is 1.80. The standard InChI is InChI=1S/C6H12N2O2/c9-6-4-2-1-3-5-8(6)7-10/h6,9H,1-5H2. The van der Waals surface area contributed by atoms with Crippen molar-refractivity contribution in [2.24, 2.45) is 5.29 Å². The van der Waals surface area contributed by atoms with Gasteiger partial charge in [0, 0.05) is 6.54 Å². The minimum absolute atomic E-state index is 0.602. The summed E-state index contributed by atoms with van der Waals surface area (Å²) in [6.07, 6.45) is 3.07. The van der Waals surface area contributed by atoms with Gasteiger partial charge in [0.15, 0.2) is 0 Å². The Balaban J connectivity index is 2.43. The van der Waals surface area contributed by atoms with Crippen LogP contribution in [0.4, 0.5) is 0 Å². The van der Waals surface area contributed by atoms with E-state index in [0.29, 0.717) is 13.0 Å². The van der Waals surface area contributed by atoms with Crippen molar-refractivity contribution in [3.63, 3.8) is 0 Å². The molecular formula is C6H12N2O2. The van der Waals surface area contributed by atoms with Gasteiger partial charge in [0.25, 0.3) is 0 Å². The van der Waals surface area contributed by atoms with Crippen molar-refractivity contribution in [3.05, 3.63) is 4.91 Å². The first-order valence-electron chi connectivity index (χ1n) is 3.62. The minimum Gasteiger partial charge on any atom is -0.372 e. The van der Waals surface area contributed by atoms with Crippen LogP contribution in [0.15, 0.2) is 5.29 Å². The smallest absolute Gasteiger partial charge is 0.145 e. The maximum atomic E-state index is 10.0. The molecule has 0 spiro atoms. The van der Waals surface area contributed by atoms with E-state index in [1.165, 1.54) is 5.01 Å². The highest BCUT2D eigenvalue weighted by Crippen LogP contribution is 2.14. The lowest BCUT2D eigenvalue weighted by Gasteiger charge is -2.17. The molecule has 0 saturated carbocycles.